The van der Waals surface area contributed by atoms with Crippen LogP contribution in [0.2, 0.25) is 0 Å². The lowest BCUT2D eigenvalue weighted by Crippen LogP contribution is -2.19. The lowest BCUT2D eigenvalue weighted by molar-refractivity contribution is 0.327. The van der Waals surface area contributed by atoms with Crippen LogP contribution in [-0.2, 0) is 6.54 Å². The summed E-state index contributed by atoms with van der Waals surface area (Å²) in [4.78, 5) is 6.13. The first-order chi connectivity index (χ1) is 11.2. The minimum absolute atomic E-state index is 0.640. The van der Waals surface area contributed by atoms with Crippen LogP contribution >= 0.6 is 15.9 Å². The molecule has 2 nitrogen and oxygen atoms in total. The number of fused-ring (bicyclic) bond motifs is 1. The second kappa shape index (κ2) is 6.14. The maximum atomic E-state index is 3.55. The summed E-state index contributed by atoms with van der Waals surface area (Å²) < 4.78 is 1.15. The fraction of sp³-hybridized carbons (Fsp3) is 0.300. The van der Waals surface area contributed by atoms with E-state index in [0.717, 1.165) is 17.6 Å². The number of para-hydroxylation sites is 1. The highest BCUT2D eigenvalue weighted by atomic mass is 79.9. The van der Waals surface area contributed by atoms with Crippen LogP contribution in [0, 0.1) is 6.92 Å². The Kier molecular flexibility index (Phi) is 4.00. The van der Waals surface area contributed by atoms with Gasteiger partial charge in [-0.1, -0.05) is 46.3 Å². The van der Waals surface area contributed by atoms with Gasteiger partial charge in [-0.3, -0.25) is 4.90 Å². The van der Waals surface area contributed by atoms with Crippen molar-refractivity contribution in [2.75, 3.05) is 13.1 Å². The van der Waals surface area contributed by atoms with Gasteiger partial charge >= 0.3 is 0 Å². The molecule has 2 aromatic carbocycles. The van der Waals surface area contributed by atoms with Crippen molar-refractivity contribution in [2.24, 2.45) is 0 Å². The van der Waals surface area contributed by atoms with Gasteiger partial charge in [0.2, 0.25) is 0 Å². The number of halogens is 1. The molecule has 118 valence electrons. The lowest BCUT2D eigenvalue weighted by atomic mass is 9.95. The molecule has 0 spiro atoms. The zero-order valence-corrected chi connectivity index (χ0v) is 14.9. The molecule has 1 saturated heterocycles. The third-order valence-electron chi connectivity index (χ3n) is 4.94. The minimum Gasteiger partial charge on any atom is -0.358 e. The highest BCUT2D eigenvalue weighted by Crippen LogP contribution is 2.35. The second-order valence-corrected chi connectivity index (χ2v) is 7.47. The van der Waals surface area contributed by atoms with Crippen molar-refractivity contribution in [1.29, 1.82) is 0 Å². The van der Waals surface area contributed by atoms with Crippen LogP contribution in [0.15, 0.2) is 53.0 Å². The molecule has 1 N–H and O–H groups in total. The van der Waals surface area contributed by atoms with Crippen LogP contribution in [0.25, 0.3) is 10.9 Å². The summed E-state index contributed by atoms with van der Waals surface area (Å²) in [6.45, 7) is 5.59. The Morgan fingerprint density at radius 2 is 1.91 bits per heavy atom. The van der Waals surface area contributed by atoms with Crippen molar-refractivity contribution >= 4 is 26.8 Å². The van der Waals surface area contributed by atoms with Crippen molar-refractivity contribution in [1.82, 2.24) is 9.88 Å². The van der Waals surface area contributed by atoms with Gasteiger partial charge in [-0.15, -0.1) is 0 Å². The summed E-state index contributed by atoms with van der Waals surface area (Å²) in [5.74, 6) is 0.640. The van der Waals surface area contributed by atoms with E-state index in [4.69, 9.17) is 0 Å². The third-order valence-corrected chi connectivity index (χ3v) is 5.47. The summed E-state index contributed by atoms with van der Waals surface area (Å²) >= 11 is 3.51. The van der Waals surface area contributed by atoms with Gasteiger partial charge in [0.25, 0.3) is 0 Å². The topological polar surface area (TPSA) is 19.0 Å². The van der Waals surface area contributed by atoms with Gasteiger partial charge in [0, 0.05) is 40.1 Å². The molecule has 1 unspecified atom stereocenters. The standard InChI is InChI=1S/C20H21BrN2/c1-14-20(18-4-2-3-5-19(18)22-14)16-10-11-23(13-16)12-15-6-8-17(21)9-7-15/h2-9,16,22H,10-13H2,1H3. The Bertz CT molecular complexity index is 819. The van der Waals surface area contributed by atoms with E-state index in [2.05, 4.69) is 81.3 Å². The van der Waals surface area contributed by atoms with Gasteiger partial charge in [0.05, 0.1) is 0 Å². The molecule has 0 bridgehead atoms. The molecule has 1 atom stereocenters. The zero-order chi connectivity index (χ0) is 15.8. The van der Waals surface area contributed by atoms with E-state index < -0.39 is 0 Å². The zero-order valence-electron chi connectivity index (χ0n) is 13.3. The van der Waals surface area contributed by atoms with E-state index in [1.807, 2.05) is 0 Å². The smallest absolute Gasteiger partial charge is 0.0458 e. The largest absolute Gasteiger partial charge is 0.358 e. The summed E-state index contributed by atoms with van der Waals surface area (Å²) in [5.41, 5.74) is 5.52. The molecule has 1 aliphatic rings. The van der Waals surface area contributed by atoms with Crippen molar-refractivity contribution < 1.29 is 0 Å². The van der Waals surface area contributed by atoms with Crippen LogP contribution < -0.4 is 0 Å². The van der Waals surface area contributed by atoms with Crippen molar-refractivity contribution in [2.45, 2.75) is 25.8 Å². The molecule has 3 heteroatoms. The molecule has 1 fully saturated rings. The lowest BCUT2D eigenvalue weighted by Gasteiger charge is -2.16. The van der Waals surface area contributed by atoms with E-state index >= 15 is 0 Å². The summed E-state index contributed by atoms with van der Waals surface area (Å²) in [5, 5.41) is 1.40. The number of likely N-dealkylation sites (tertiary alicyclic amines) is 1. The predicted octanol–water partition coefficient (Wildman–Crippen LogP) is 5.23. The van der Waals surface area contributed by atoms with E-state index in [9.17, 15) is 0 Å². The first-order valence-electron chi connectivity index (χ1n) is 8.25. The Labute approximate surface area is 145 Å². The molecule has 4 rings (SSSR count). The Morgan fingerprint density at radius 1 is 1.13 bits per heavy atom. The van der Waals surface area contributed by atoms with Gasteiger partial charge in [-0.2, -0.15) is 0 Å². The molecule has 2 heterocycles. The summed E-state index contributed by atoms with van der Waals surface area (Å²) in [6, 6.07) is 17.4. The molecule has 0 radical (unpaired) electrons. The number of aromatic amines is 1. The van der Waals surface area contributed by atoms with Gasteiger partial charge in [-0.25, -0.2) is 0 Å². The number of aromatic nitrogens is 1. The quantitative estimate of drug-likeness (QED) is 0.670. The van der Waals surface area contributed by atoms with Gasteiger partial charge in [0.1, 0.15) is 0 Å². The van der Waals surface area contributed by atoms with Crippen LogP contribution in [0.4, 0.5) is 0 Å². The first kappa shape index (κ1) is 15.0. The second-order valence-electron chi connectivity index (χ2n) is 6.56. The SMILES string of the molecule is Cc1[nH]c2ccccc2c1C1CCN(Cc2ccc(Br)cc2)C1. The summed E-state index contributed by atoms with van der Waals surface area (Å²) in [7, 11) is 0. The molecule has 0 saturated carbocycles. The van der Waals surface area contributed by atoms with Crippen molar-refractivity contribution in [3.05, 3.63) is 69.8 Å². The number of nitrogens with zero attached hydrogens (tertiary/aromatic N) is 1. The van der Waals surface area contributed by atoms with Gasteiger partial charge < -0.3 is 4.98 Å². The highest BCUT2D eigenvalue weighted by Gasteiger charge is 2.27. The van der Waals surface area contributed by atoms with E-state index in [0.29, 0.717) is 5.92 Å². The maximum Gasteiger partial charge on any atom is 0.0458 e. The molecule has 0 aliphatic carbocycles. The number of hydrogen-bond acceptors (Lipinski definition) is 1. The molecule has 1 aromatic heterocycles. The van der Waals surface area contributed by atoms with Crippen LogP contribution in [-0.4, -0.2) is 23.0 Å². The molecule has 0 amide bonds. The molecule has 23 heavy (non-hydrogen) atoms. The number of H-pyrrole nitrogens is 1. The van der Waals surface area contributed by atoms with Crippen LogP contribution in [0.3, 0.4) is 0 Å². The Morgan fingerprint density at radius 3 is 2.74 bits per heavy atom. The molecule has 3 aromatic rings. The Hall–Kier alpha value is -1.58. The molecule has 1 aliphatic heterocycles. The van der Waals surface area contributed by atoms with E-state index in [1.54, 1.807) is 0 Å². The number of rotatable bonds is 3. The fourth-order valence-corrected chi connectivity index (χ4v) is 4.15. The number of benzene rings is 2. The van der Waals surface area contributed by atoms with E-state index in [-0.39, 0.29) is 0 Å². The van der Waals surface area contributed by atoms with Crippen molar-refractivity contribution in [3.63, 3.8) is 0 Å². The maximum absolute atomic E-state index is 3.55. The van der Waals surface area contributed by atoms with Crippen LogP contribution in [0.5, 0.6) is 0 Å². The Balaban J connectivity index is 1.53. The monoisotopic (exact) mass is 368 g/mol. The summed E-state index contributed by atoms with van der Waals surface area (Å²) in [6.07, 6.45) is 1.25. The normalized spacial score (nSPS) is 18.8. The fourth-order valence-electron chi connectivity index (χ4n) is 3.88. The molecular formula is C20H21BrN2. The van der Waals surface area contributed by atoms with Crippen LogP contribution in [0.1, 0.15) is 29.2 Å². The van der Waals surface area contributed by atoms with E-state index in [1.165, 1.54) is 40.7 Å². The van der Waals surface area contributed by atoms with Gasteiger partial charge in [-0.05, 0) is 49.2 Å². The molecular weight excluding hydrogens is 348 g/mol. The first-order valence-corrected chi connectivity index (χ1v) is 9.04. The number of nitrogens with one attached hydrogen (secondary N) is 1. The average molecular weight is 369 g/mol. The highest BCUT2D eigenvalue weighted by molar-refractivity contribution is 9.10. The van der Waals surface area contributed by atoms with Gasteiger partial charge in [0.15, 0.2) is 0 Å². The van der Waals surface area contributed by atoms with Crippen molar-refractivity contribution in [3.8, 4) is 0 Å². The predicted molar refractivity (Wildman–Crippen MR) is 99.8 cm³/mol. The minimum atomic E-state index is 0.640. The average Bonchev–Trinajstić information content (AvgIpc) is 3.12. The number of hydrogen-bond donors (Lipinski definition) is 1. The third kappa shape index (κ3) is 2.96. The number of aryl methyl sites for hydroxylation is 1.